The van der Waals surface area contributed by atoms with Crippen LogP contribution in [0.2, 0.25) is 0 Å². The first-order valence-electron chi connectivity index (χ1n) is 12.7. The van der Waals surface area contributed by atoms with Crippen LogP contribution in [0.1, 0.15) is 38.8 Å². The molecule has 3 aromatic rings. The van der Waals surface area contributed by atoms with Crippen molar-refractivity contribution in [1.82, 2.24) is 20.0 Å². The molecule has 0 radical (unpaired) electrons. The summed E-state index contributed by atoms with van der Waals surface area (Å²) in [6.45, 7) is 8.56. The molecule has 0 bridgehead atoms. The molecule has 1 fully saturated rings. The summed E-state index contributed by atoms with van der Waals surface area (Å²) in [5.41, 5.74) is 2.90. The highest BCUT2D eigenvalue weighted by atomic mass is 16.2. The molecule has 1 aliphatic rings. The minimum absolute atomic E-state index is 0.00932. The van der Waals surface area contributed by atoms with E-state index in [-0.39, 0.29) is 30.3 Å². The topological polar surface area (TPSA) is 69.6 Å². The first-order chi connectivity index (χ1) is 17.4. The Labute approximate surface area is 213 Å². The lowest BCUT2D eigenvalue weighted by molar-refractivity contribution is -0.144. The lowest BCUT2D eigenvalue weighted by atomic mass is 10.0. The van der Waals surface area contributed by atoms with Crippen molar-refractivity contribution in [3.8, 4) is 11.3 Å². The molecule has 36 heavy (non-hydrogen) atoms. The maximum atomic E-state index is 13.4. The summed E-state index contributed by atoms with van der Waals surface area (Å²) in [5, 5.41) is 8.87. The molecule has 7 nitrogen and oxygen atoms in total. The zero-order valence-electron chi connectivity index (χ0n) is 21.4. The van der Waals surface area contributed by atoms with Crippen molar-refractivity contribution in [2.24, 2.45) is 5.92 Å². The summed E-state index contributed by atoms with van der Waals surface area (Å²) >= 11 is 0. The Kier molecular flexibility index (Phi) is 8.31. The van der Waals surface area contributed by atoms with Gasteiger partial charge in [0.05, 0.1) is 11.7 Å². The molecule has 0 aliphatic carbocycles. The average Bonchev–Trinajstić information content (AvgIpc) is 3.18. The van der Waals surface area contributed by atoms with Gasteiger partial charge in [0.15, 0.2) is 5.82 Å². The van der Waals surface area contributed by atoms with Crippen LogP contribution in [0.5, 0.6) is 0 Å². The number of rotatable bonds is 7. The van der Waals surface area contributed by atoms with Gasteiger partial charge in [-0.2, -0.15) is 0 Å². The maximum absolute atomic E-state index is 13.4. The molecule has 1 atom stereocenters. The summed E-state index contributed by atoms with van der Waals surface area (Å²) in [6, 6.07) is 23.7. The predicted molar refractivity (Wildman–Crippen MR) is 142 cm³/mol. The molecule has 4 rings (SSSR count). The first kappa shape index (κ1) is 25.4. The lowest BCUT2D eigenvalue weighted by Crippen LogP contribution is -2.46. The van der Waals surface area contributed by atoms with E-state index >= 15 is 0 Å². The SMILES string of the molecule is CC(C)C(=O)N(CC(=O)N1CCCN(c2ccc(-c3ccccc3)nn2)CC1)[C@H](C)c1ccccc1. The van der Waals surface area contributed by atoms with Gasteiger partial charge in [-0.05, 0) is 31.0 Å². The third-order valence-electron chi connectivity index (χ3n) is 6.72. The highest BCUT2D eigenvalue weighted by Crippen LogP contribution is 2.23. The molecule has 2 amide bonds. The van der Waals surface area contributed by atoms with Crippen molar-refractivity contribution < 1.29 is 9.59 Å². The van der Waals surface area contributed by atoms with Crippen LogP contribution < -0.4 is 4.90 Å². The number of carbonyl (C=O) groups excluding carboxylic acids is 2. The highest BCUT2D eigenvalue weighted by molar-refractivity contribution is 5.86. The Hall–Kier alpha value is -3.74. The minimum atomic E-state index is -0.180. The van der Waals surface area contributed by atoms with Crippen LogP contribution in [0.3, 0.4) is 0 Å². The molecule has 0 spiro atoms. The second-order valence-corrected chi connectivity index (χ2v) is 9.57. The van der Waals surface area contributed by atoms with E-state index in [0.29, 0.717) is 19.6 Å². The van der Waals surface area contributed by atoms with Gasteiger partial charge in [0.1, 0.15) is 6.54 Å². The van der Waals surface area contributed by atoms with Gasteiger partial charge in [0.25, 0.3) is 0 Å². The molecule has 0 N–H and O–H groups in total. The Morgan fingerprint density at radius 3 is 2.17 bits per heavy atom. The number of nitrogens with zero attached hydrogens (tertiary/aromatic N) is 5. The Morgan fingerprint density at radius 2 is 1.53 bits per heavy atom. The summed E-state index contributed by atoms with van der Waals surface area (Å²) in [6.07, 6.45) is 0.834. The molecular formula is C29H35N5O2. The largest absolute Gasteiger partial charge is 0.353 e. The number of carbonyl (C=O) groups is 2. The summed E-state index contributed by atoms with van der Waals surface area (Å²) < 4.78 is 0. The van der Waals surface area contributed by atoms with Crippen LogP contribution in [0.15, 0.2) is 72.8 Å². The number of benzene rings is 2. The smallest absolute Gasteiger partial charge is 0.242 e. The molecule has 2 aromatic carbocycles. The van der Waals surface area contributed by atoms with Crippen LogP contribution in [-0.4, -0.2) is 64.5 Å². The molecule has 1 aliphatic heterocycles. The Balaban J connectivity index is 1.40. The van der Waals surface area contributed by atoms with Gasteiger partial charge < -0.3 is 14.7 Å². The predicted octanol–water partition coefficient (Wildman–Crippen LogP) is 4.43. The number of aromatic nitrogens is 2. The fourth-order valence-corrected chi connectivity index (χ4v) is 4.55. The minimum Gasteiger partial charge on any atom is -0.353 e. The van der Waals surface area contributed by atoms with Crippen LogP contribution >= 0.6 is 0 Å². The van der Waals surface area contributed by atoms with E-state index in [4.69, 9.17) is 0 Å². The molecular weight excluding hydrogens is 450 g/mol. The maximum Gasteiger partial charge on any atom is 0.242 e. The van der Waals surface area contributed by atoms with Gasteiger partial charge in [-0.1, -0.05) is 74.5 Å². The fourth-order valence-electron chi connectivity index (χ4n) is 4.55. The third-order valence-corrected chi connectivity index (χ3v) is 6.72. The van der Waals surface area contributed by atoms with E-state index in [1.807, 2.05) is 98.5 Å². The normalized spacial score (nSPS) is 14.9. The van der Waals surface area contributed by atoms with Gasteiger partial charge in [-0.15, -0.1) is 10.2 Å². The molecule has 7 heteroatoms. The Bertz CT molecular complexity index is 1140. The van der Waals surface area contributed by atoms with Crippen LogP contribution in [0.4, 0.5) is 5.82 Å². The zero-order valence-corrected chi connectivity index (χ0v) is 21.4. The van der Waals surface area contributed by atoms with Gasteiger partial charge in [0, 0.05) is 37.7 Å². The van der Waals surface area contributed by atoms with Gasteiger partial charge in [0.2, 0.25) is 11.8 Å². The van der Waals surface area contributed by atoms with Crippen molar-refractivity contribution in [1.29, 1.82) is 0 Å². The van der Waals surface area contributed by atoms with Crippen LogP contribution in [0, 0.1) is 5.92 Å². The van der Waals surface area contributed by atoms with Gasteiger partial charge in [-0.3, -0.25) is 9.59 Å². The Morgan fingerprint density at radius 1 is 0.833 bits per heavy atom. The van der Waals surface area contributed by atoms with E-state index in [1.165, 1.54) is 0 Å². The van der Waals surface area contributed by atoms with E-state index in [0.717, 1.165) is 35.6 Å². The second kappa shape index (κ2) is 11.8. The molecule has 2 heterocycles. The van der Waals surface area contributed by atoms with Crippen LogP contribution in [-0.2, 0) is 9.59 Å². The van der Waals surface area contributed by atoms with E-state index in [9.17, 15) is 9.59 Å². The highest BCUT2D eigenvalue weighted by Gasteiger charge is 2.28. The average molecular weight is 486 g/mol. The number of amides is 2. The summed E-state index contributed by atoms with van der Waals surface area (Å²) in [4.78, 5) is 32.2. The summed E-state index contributed by atoms with van der Waals surface area (Å²) in [5.74, 6) is 0.614. The van der Waals surface area contributed by atoms with E-state index < -0.39 is 0 Å². The zero-order chi connectivity index (χ0) is 25.5. The van der Waals surface area contributed by atoms with Gasteiger partial charge in [-0.25, -0.2) is 0 Å². The second-order valence-electron chi connectivity index (χ2n) is 9.57. The third kappa shape index (κ3) is 6.08. The standard InChI is InChI=1S/C29H35N5O2/c1-22(2)29(36)34(23(3)24-11-6-4-7-12-24)21-28(35)33-18-10-17-32(19-20-33)27-16-15-26(30-31-27)25-13-8-5-9-14-25/h4-9,11-16,22-23H,10,17-21H2,1-3H3/t23-/m1/s1. The van der Waals surface area contributed by atoms with Crippen molar-refractivity contribution >= 4 is 17.6 Å². The van der Waals surface area contributed by atoms with Crippen molar-refractivity contribution in [3.05, 3.63) is 78.4 Å². The molecule has 0 unspecified atom stereocenters. The number of anilines is 1. The van der Waals surface area contributed by atoms with Gasteiger partial charge >= 0.3 is 0 Å². The van der Waals surface area contributed by atoms with Crippen molar-refractivity contribution in [2.45, 2.75) is 33.2 Å². The summed E-state index contributed by atoms with van der Waals surface area (Å²) in [7, 11) is 0. The van der Waals surface area contributed by atoms with Crippen molar-refractivity contribution in [2.75, 3.05) is 37.6 Å². The molecule has 188 valence electrons. The first-order valence-corrected chi connectivity index (χ1v) is 12.7. The van der Waals surface area contributed by atoms with E-state index in [1.54, 1.807) is 4.90 Å². The fraction of sp³-hybridized carbons (Fsp3) is 0.379. The van der Waals surface area contributed by atoms with Crippen molar-refractivity contribution in [3.63, 3.8) is 0 Å². The molecule has 1 aromatic heterocycles. The number of hydrogen-bond acceptors (Lipinski definition) is 5. The monoisotopic (exact) mass is 485 g/mol. The lowest BCUT2D eigenvalue weighted by Gasteiger charge is -2.32. The quantitative estimate of drug-likeness (QED) is 0.495. The molecule has 0 saturated carbocycles. The molecule has 1 saturated heterocycles. The number of hydrogen-bond donors (Lipinski definition) is 0. The van der Waals surface area contributed by atoms with Crippen LogP contribution in [0.25, 0.3) is 11.3 Å². The van der Waals surface area contributed by atoms with E-state index in [2.05, 4.69) is 15.1 Å².